The lowest BCUT2D eigenvalue weighted by Crippen LogP contribution is -2.09. The molecule has 0 bridgehead atoms. The fraction of sp³-hybridized carbons (Fsp3) is 0.800. The highest BCUT2D eigenvalue weighted by molar-refractivity contribution is 5.91. The van der Waals surface area contributed by atoms with E-state index in [2.05, 4.69) is 6.92 Å². The first-order valence-electron chi connectivity index (χ1n) is 9.80. The van der Waals surface area contributed by atoms with Crippen molar-refractivity contribution in [3.63, 3.8) is 0 Å². The Kier molecular flexibility index (Phi) is 17.9. The van der Waals surface area contributed by atoms with Crippen LogP contribution in [-0.2, 0) is 23.8 Å². The number of esters is 2. The van der Waals surface area contributed by atoms with Gasteiger partial charge in [-0.15, -0.1) is 0 Å². The van der Waals surface area contributed by atoms with Gasteiger partial charge in [0, 0.05) is 18.8 Å². The molecule has 0 aromatic carbocycles. The molecule has 0 aromatic rings. The molecule has 5 heteroatoms. The minimum Gasteiger partial charge on any atom is -0.463 e. The van der Waals surface area contributed by atoms with Gasteiger partial charge in [-0.25, -0.2) is 9.59 Å². The quantitative estimate of drug-likeness (QED) is 0.217. The van der Waals surface area contributed by atoms with Gasteiger partial charge in [-0.2, -0.15) is 0 Å². The molecule has 0 aliphatic heterocycles. The summed E-state index contributed by atoms with van der Waals surface area (Å²) in [7, 11) is 0. The second-order valence-corrected chi connectivity index (χ2v) is 6.05. The van der Waals surface area contributed by atoms with Crippen molar-refractivity contribution in [2.24, 2.45) is 0 Å². The normalized spacial score (nSPS) is 11.0. The number of ether oxygens (including phenoxy) is 3. The predicted molar refractivity (Wildman–Crippen MR) is 99.4 cm³/mol. The topological polar surface area (TPSA) is 61.8 Å². The van der Waals surface area contributed by atoms with E-state index in [9.17, 15) is 9.59 Å². The Balaban J connectivity index is 3.40. The lowest BCUT2D eigenvalue weighted by Gasteiger charge is -2.03. The molecule has 0 unspecified atom stereocenters. The first-order chi connectivity index (χ1) is 12.2. The molecule has 0 aromatic heterocycles. The van der Waals surface area contributed by atoms with Gasteiger partial charge in [-0.05, 0) is 13.3 Å². The van der Waals surface area contributed by atoms with E-state index < -0.39 is 11.9 Å². The fourth-order valence-corrected chi connectivity index (χ4v) is 2.34. The van der Waals surface area contributed by atoms with Crippen LogP contribution in [0.4, 0.5) is 0 Å². The summed E-state index contributed by atoms with van der Waals surface area (Å²) in [6, 6.07) is 0. The van der Waals surface area contributed by atoms with Crippen molar-refractivity contribution in [2.75, 3.05) is 26.4 Å². The van der Waals surface area contributed by atoms with E-state index >= 15 is 0 Å². The molecule has 0 spiro atoms. The van der Waals surface area contributed by atoms with Crippen LogP contribution in [0.25, 0.3) is 0 Å². The summed E-state index contributed by atoms with van der Waals surface area (Å²) in [5.41, 5.74) is 0. The Hall–Kier alpha value is -1.36. The first-order valence-corrected chi connectivity index (χ1v) is 9.80. The maximum Gasteiger partial charge on any atom is 0.331 e. The summed E-state index contributed by atoms with van der Waals surface area (Å²) in [6.45, 7) is 5.63. The number of hydrogen-bond acceptors (Lipinski definition) is 5. The van der Waals surface area contributed by atoms with Crippen molar-refractivity contribution in [3.05, 3.63) is 12.2 Å². The Morgan fingerprint density at radius 1 is 0.640 bits per heavy atom. The Morgan fingerprint density at radius 3 is 1.64 bits per heavy atom. The van der Waals surface area contributed by atoms with Crippen molar-refractivity contribution in [1.29, 1.82) is 0 Å². The standard InChI is InChI=1S/C20H36O5/c1-3-5-6-7-8-9-10-11-12-13-16-24-19(21)14-15-20(22)25-18-17-23-4-2/h14-15H,3-13,16-18H2,1-2H3/b15-14+. The fourth-order valence-electron chi connectivity index (χ4n) is 2.34. The van der Waals surface area contributed by atoms with Gasteiger partial charge in [0.15, 0.2) is 0 Å². The minimum atomic E-state index is -0.560. The van der Waals surface area contributed by atoms with Gasteiger partial charge >= 0.3 is 11.9 Å². The van der Waals surface area contributed by atoms with Crippen LogP contribution in [0.2, 0.25) is 0 Å². The molecule has 0 amide bonds. The highest BCUT2D eigenvalue weighted by atomic mass is 16.6. The van der Waals surface area contributed by atoms with Gasteiger partial charge in [0.2, 0.25) is 0 Å². The van der Waals surface area contributed by atoms with Gasteiger partial charge in [-0.1, -0.05) is 64.7 Å². The number of carbonyl (C=O) groups is 2. The van der Waals surface area contributed by atoms with Crippen LogP contribution in [0, 0.1) is 0 Å². The predicted octanol–water partition coefficient (Wildman–Crippen LogP) is 4.59. The summed E-state index contributed by atoms with van der Waals surface area (Å²) in [5, 5.41) is 0. The molecule has 0 aliphatic rings. The molecule has 0 aliphatic carbocycles. The summed E-state index contributed by atoms with van der Waals surface area (Å²) in [6.07, 6.45) is 14.6. The van der Waals surface area contributed by atoms with E-state index in [1.165, 1.54) is 51.4 Å². The lowest BCUT2D eigenvalue weighted by molar-refractivity contribution is -0.141. The molecule has 0 heterocycles. The number of unbranched alkanes of at least 4 members (excludes halogenated alkanes) is 9. The Morgan fingerprint density at radius 2 is 1.12 bits per heavy atom. The average molecular weight is 357 g/mol. The van der Waals surface area contributed by atoms with Gasteiger partial charge in [0.1, 0.15) is 6.61 Å². The smallest absolute Gasteiger partial charge is 0.331 e. The van der Waals surface area contributed by atoms with Crippen molar-refractivity contribution < 1.29 is 23.8 Å². The summed E-state index contributed by atoms with van der Waals surface area (Å²) in [5.74, 6) is -1.06. The van der Waals surface area contributed by atoms with E-state index in [-0.39, 0.29) is 6.61 Å². The maximum absolute atomic E-state index is 11.4. The molecule has 0 atom stereocenters. The first kappa shape index (κ1) is 23.6. The highest BCUT2D eigenvalue weighted by Crippen LogP contribution is 2.10. The summed E-state index contributed by atoms with van der Waals surface area (Å²) >= 11 is 0. The molecular formula is C20H36O5. The Bertz CT molecular complexity index is 352. The van der Waals surface area contributed by atoms with Crippen LogP contribution in [0.5, 0.6) is 0 Å². The minimum absolute atomic E-state index is 0.185. The third kappa shape index (κ3) is 18.8. The zero-order valence-corrected chi connectivity index (χ0v) is 16.1. The molecule has 146 valence electrons. The Labute approximate surface area is 153 Å². The number of carbonyl (C=O) groups excluding carboxylic acids is 2. The zero-order valence-electron chi connectivity index (χ0n) is 16.1. The maximum atomic E-state index is 11.4. The molecular weight excluding hydrogens is 320 g/mol. The van der Waals surface area contributed by atoms with E-state index in [1.807, 2.05) is 6.92 Å². The molecule has 0 fully saturated rings. The van der Waals surface area contributed by atoms with Crippen LogP contribution in [0.15, 0.2) is 12.2 Å². The van der Waals surface area contributed by atoms with E-state index in [0.717, 1.165) is 25.0 Å². The van der Waals surface area contributed by atoms with Crippen molar-refractivity contribution in [2.45, 2.75) is 78.1 Å². The van der Waals surface area contributed by atoms with E-state index in [0.29, 0.717) is 19.8 Å². The van der Waals surface area contributed by atoms with Crippen LogP contribution in [0.1, 0.15) is 78.1 Å². The highest BCUT2D eigenvalue weighted by Gasteiger charge is 2.01. The monoisotopic (exact) mass is 356 g/mol. The zero-order chi connectivity index (χ0) is 18.6. The van der Waals surface area contributed by atoms with Crippen molar-refractivity contribution >= 4 is 11.9 Å². The molecule has 5 nitrogen and oxygen atoms in total. The molecule has 0 saturated heterocycles. The van der Waals surface area contributed by atoms with Gasteiger partial charge in [-0.3, -0.25) is 0 Å². The molecule has 0 rings (SSSR count). The van der Waals surface area contributed by atoms with Gasteiger partial charge in [0.05, 0.1) is 13.2 Å². The van der Waals surface area contributed by atoms with Crippen molar-refractivity contribution in [1.82, 2.24) is 0 Å². The van der Waals surface area contributed by atoms with Crippen LogP contribution < -0.4 is 0 Å². The number of rotatable bonds is 17. The average Bonchev–Trinajstić information content (AvgIpc) is 2.61. The largest absolute Gasteiger partial charge is 0.463 e. The van der Waals surface area contributed by atoms with Crippen LogP contribution in [0.3, 0.4) is 0 Å². The molecule has 0 saturated carbocycles. The summed E-state index contributed by atoms with van der Waals surface area (Å²) < 4.78 is 14.9. The lowest BCUT2D eigenvalue weighted by atomic mass is 10.1. The third-order valence-electron chi connectivity index (χ3n) is 3.77. The molecule has 0 N–H and O–H groups in total. The second-order valence-electron chi connectivity index (χ2n) is 6.05. The van der Waals surface area contributed by atoms with Crippen LogP contribution in [-0.4, -0.2) is 38.4 Å². The molecule has 0 radical (unpaired) electrons. The van der Waals surface area contributed by atoms with Gasteiger partial charge < -0.3 is 14.2 Å². The number of hydrogen-bond donors (Lipinski definition) is 0. The SMILES string of the molecule is CCCCCCCCCCCCOC(=O)/C=C/C(=O)OCCOCC. The van der Waals surface area contributed by atoms with Gasteiger partial charge in [0.25, 0.3) is 0 Å². The van der Waals surface area contributed by atoms with Crippen molar-refractivity contribution in [3.8, 4) is 0 Å². The van der Waals surface area contributed by atoms with Crippen LogP contribution >= 0.6 is 0 Å². The van der Waals surface area contributed by atoms with E-state index in [4.69, 9.17) is 14.2 Å². The third-order valence-corrected chi connectivity index (χ3v) is 3.77. The van der Waals surface area contributed by atoms with E-state index in [1.54, 1.807) is 0 Å². The molecule has 25 heavy (non-hydrogen) atoms. The second kappa shape index (κ2) is 19.0. The summed E-state index contributed by atoms with van der Waals surface area (Å²) in [4.78, 5) is 22.7.